The summed E-state index contributed by atoms with van der Waals surface area (Å²) in [6.45, 7) is 6.67. The first-order chi connectivity index (χ1) is 10.9. The summed E-state index contributed by atoms with van der Waals surface area (Å²) in [5.41, 5.74) is 2.07. The van der Waals surface area contributed by atoms with Gasteiger partial charge in [-0.2, -0.15) is 0 Å². The second kappa shape index (κ2) is 7.59. The zero-order chi connectivity index (χ0) is 17.0. The van der Waals surface area contributed by atoms with Crippen LogP contribution < -0.4 is 10.2 Å². The minimum absolute atomic E-state index is 0.0222. The third-order valence-corrected chi connectivity index (χ3v) is 4.34. The van der Waals surface area contributed by atoms with Gasteiger partial charge >= 0.3 is 0 Å². The van der Waals surface area contributed by atoms with Crippen LogP contribution in [0.15, 0.2) is 24.3 Å². The van der Waals surface area contributed by atoms with Crippen LogP contribution in [0.25, 0.3) is 0 Å². The number of hydrogen-bond acceptors (Lipinski definition) is 3. The molecule has 1 aromatic carbocycles. The molecule has 1 unspecified atom stereocenters. The van der Waals surface area contributed by atoms with Crippen molar-refractivity contribution in [3.05, 3.63) is 29.8 Å². The zero-order valence-electron chi connectivity index (χ0n) is 14.1. The summed E-state index contributed by atoms with van der Waals surface area (Å²) in [5, 5.41) is 11.7. The first-order valence-electron chi connectivity index (χ1n) is 8.26. The standard InChI is InChI=1S/C18H26N2O3/c1-12(2)14-4-6-15(7-5-14)20-10-8-16(18(20)23)17(22)19-13(3)9-11-21/h4-7,12-13,16,21H,8-11H2,1-3H3,(H,19,22)/t13-,16?/m1/s1. The number of nitrogens with one attached hydrogen (secondary N) is 1. The van der Waals surface area contributed by atoms with Crippen molar-refractivity contribution in [2.75, 3.05) is 18.1 Å². The van der Waals surface area contributed by atoms with Crippen molar-refractivity contribution in [3.8, 4) is 0 Å². The van der Waals surface area contributed by atoms with Crippen molar-refractivity contribution in [1.29, 1.82) is 0 Å². The summed E-state index contributed by atoms with van der Waals surface area (Å²) >= 11 is 0. The molecule has 1 fully saturated rings. The SMILES string of the molecule is CC(C)c1ccc(N2CCC(C(=O)N[C@H](C)CCO)C2=O)cc1. The molecule has 0 aromatic heterocycles. The number of aliphatic hydroxyl groups is 1. The second-order valence-corrected chi connectivity index (χ2v) is 6.50. The monoisotopic (exact) mass is 318 g/mol. The lowest BCUT2D eigenvalue weighted by Gasteiger charge is -2.19. The van der Waals surface area contributed by atoms with Crippen LogP contribution >= 0.6 is 0 Å². The van der Waals surface area contributed by atoms with Gasteiger partial charge < -0.3 is 15.3 Å². The third kappa shape index (κ3) is 4.10. The summed E-state index contributed by atoms with van der Waals surface area (Å²) < 4.78 is 0. The predicted molar refractivity (Wildman–Crippen MR) is 90.3 cm³/mol. The van der Waals surface area contributed by atoms with Gasteiger partial charge in [0.15, 0.2) is 0 Å². The fourth-order valence-electron chi connectivity index (χ4n) is 2.83. The number of hydrogen-bond donors (Lipinski definition) is 2. The Kier molecular flexibility index (Phi) is 5.77. The van der Waals surface area contributed by atoms with Gasteiger partial charge in [0, 0.05) is 24.9 Å². The predicted octanol–water partition coefficient (Wildman–Crippen LogP) is 2.05. The smallest absolute Gasteiger partial charge is 0.239 e. The van der Waals surface area contributed by atoms with Gasteiger partial charge in [0.25, 0.3) is 0 Å². The Labute approximate surface area is 137 Å². The van der Waals surface area contributed by atoms with Gasteiger partial charge in [-0.25, -0.2) is 0 Å². The molecule has 0 spiro atoms. The van der Waals surface area contributed by atoms with Crippen molar-refractivity contribution in [2.24, 2.45) is 5.92 Å². The molecule has 1 saturated heterocycles. The van der Waals surface area contributed by atoms with Crippen LogP contribution in [0.5, 0.6) is 0 Å². The van der Waals surface area contributed by atoms with E-state index in [4.69, 9.17) is 5.11 Å². The number of carbonyl (C=O) groups is 2. The molecule has 5 heteroatoms. The van der Waals surface area contributed by atoms with E-state index in [2.05, 4.69) is 19.2 Å². The van der Waals surface area contributed by atoms with Crippen molar-refractivity contribution in [3.63, 3.8) is 0 Å². The van der Waals surface area contributed by atoms with E-state index in [1.807, 2.05) is 31.2 Å². The molecule has 23 heavy (non-hydrogen) atoms. The lowest BCUT2D eigenvalue weighted by Crippen LogP contribution is -2.41. The van der Waals surface area contributed by atoms with E-state index in [0.29, 0.717) is 25.3 Å². The Bertz CT molecular complexity index is 554. The molecule has 0 saturated carbocycles. The molecular formula is C18H26N2O3. The lowest BCUT2D eigenvalue weighted by molar-refractivity contribution is -0.132. The molecule has 1 aliphatic rings. The van der Waals surface area contributed by atoms with Crippen molar-refractivity contribution < 1.29 is 14.7 Å². The number of amides is 2. The van der Waals surface area contributed by atoms with Gasteiger partial charge in [-0.1, -0.05) is 26.0 Å². The molecular weight excluding hydrogens is 292 g/mol. The highest BCUT2D eigenvalue weighted by Gasteiger charge is 2.37. The Morgan fingerprint density at radius 1 is 1.30 bits per heavy atom. The van der Waals surface area contributed by atoms with Crippen LogP contribution in [0.1, 0.15) is 45.1 Å². The summed E-state index contributed by atoms with van der Waals surface area (Å²) in [7, 11) is 0. The number of aliphatic hydroxyl groups excluding tert-OH is 1. The Hall–Kier alpha value is -1.88. The fraction of sp³-hybridized carbons (Fsp3) is 0.556. The summed E-state index contributed by atoms with van der Waals surface area (Å²) in [6, 6.07) is 7.83. The number of nitrogens with zero attached hydrogens (tertiary/aromatic N) is 1. The van der Waals surface area contributed by atoms with Gasteiger partial charge in [-0.3, -0.25) is 9.59 Å². The van der Waals surface area contributed by atoms with E-state index in [1.54, 1.807) is 4.90 Å². The summed E-state index contributed by atoms with van der Waals surface area (Å²) in [4.78, 5) is 26.4. The average Bonchev–Trinajstić information content (AvgIpc) is 2.89. The highest BCUT2D eigenvalue weighted by molar-refractivity contribution is 6.09. The van der Waals surface area contributed by atoms with Crippen LogP contribution in [0.2, 0.25) is 0 Å². The lowest BCUT2D eigenvalue weighted by atomic mass is 10.0. The second-order valence-electron chi connectivity index (χ2n) is 6.50. The highest BCUT2D eigenvalue weighted by Crippen LogP contribution is 2.27. The van der Waals surface area contributed by atoms with E-state index in [9.17, 15) is 9.59 Å². The number of anilines is 1. The zero-order valence-corrected chi connectivity index (χ0v) is 14.1. The largest absolute Gasteiger partial charge is 0.396 e. The van der Waals surface area contributed by atoms with Crippen LogP contribution in [0.4, 0.5) is 5.69 Å². The van der Waals surface area contributed by atoms with Crippen molar-refractivity contribution in [1.82, 2.24) is 5.32 Å². The van der Waals surface area contributed by atoms with Gasteiger partial charge in [-0.05, 0) is 43.4 Å². The molecule has 126 valence electrons. The van der Waals surface area contributed by atoms with Crippen molar-refractivity contribution >= 4 is 17.5 Å². The highest BCUT2D eigenvalue weighted by atomic mass is 16.3. The molecule has 5 nitrogen and oxygen atoms in total. The average molecular weight is 318 g/mol. The quantitative estimate of drug-likeness (QED) is 0.789. The molecule has 2 N–H and O–H groups in total. The molecule has 1 aliphatic heterocycles. The molecule has 0 radical (unpaired) electrons. The topological polar surface area (TPSA) is 69.6 Å². The molecule has 0 aliphatic carbocycles. The molecule has 2 amide bonds. The van der Waals surface area contributed by atoms with E-state index in [1.165, 1.54) is 5.56 Å². The molecule has 0 bridgehead atoms. The normalized spacial score (nSPS) is 19.3. The first kappa shape index (κ1) is 17.5. The maximum absolute atomic E-state index is 12.5. The van der Waals surface area contributed by atoms with Gasteiger partial charge in [-0.15, -0.1) is 0 Å². The van der Waals surface area contributed by atoms with E-state index >= 15 is 0 Å². The van der Waals surface area contributed by atoms with Crippen LogP contribution in [0.3, 0.4) is 0 Å². The Morgan fingerprint density at radius 2 is 1.96 bits per heavy atom. The van der Waals surface area contributed by atoms with Gasteiger partial charge in [0.05, 0.1) is 0 Å². The van der Waals surface area contributed by atoms with E-state index < -0.39 is 5.92 Å². The number of rotatable bonds is 6. The third-order valence-electron chi connectivity index (χ3n) is 4.34. The maximum atomic E-state index is 12.5. The van der Waals surface area contributed by atoms with Gasteiger partial charge in [0.2, 0.25) is 11.8 Å². The fourth-order valence-corrected chi connectivity index (χ4v) is 2.83. The summed E-state index contributed by atoms with van der Waals surface area (Å²) in [6.07, 6.45) is 1.02. The number of carbonyl (C=O) groups excluding carboxylic acids is 2. The Morgan fingerprint density at radius 3 is 2.52 bits per heavy atom. The minimum Gasteiger partial charge on any atom is -0.396 e. The van der Waals surface area contributed by atoms with Crippen LogP contribution in [-0.4, -0.2) is 36.1 Å². The molecule has 1 aromatic rings. The van der Waals surface area contributed by atoms with Crippen molar-refractivity contribution in [2.45, 2.75) is 45.6 Å². The van der Waals surface area contributed by atoms with Crippen LogP contribution in [0, 0.1) is 5.92 Å². The Balaban J connectivity index is 2.02. The first-order valence-corrected chi connectivity index (χ1v) is 8.26. The summed E-state index contributed by atoms with van der Waals surface area (Å²) in [5.74, 6) is -0.556. The van der Waals surface area contributed by atoms with E-state index in [-0.39, 0.29) is 24.5 Å². The van der Waals surface area contributed by atoms with E-state index in [0.717, 1.165) is 5.69 Å². The molecule has 2 rings (SSSR count). The van der Waals surface area contributed by atoms with Crippen LogP contribution in [-0.2, 0) is 9.59 Å². The number of benzene rings is 1. The minimum atomic E-state index is -0.624. The van der Waals surface area contributed by atoms with Gasteiger partial charge in [0.1, 0.15) is 5.92 Å². The maximum Gasteiger partial charge on any atom is 0.239 e. The molecule has 1 heterocycles. The molecule has 2 atom stereocenters.